The smallest absolute Gasteiger partial charge is 0.167 e. The molecule has 1 fully saturated rings. The van der Waals surface area contributed by atoms with Crippen molar-refractivity contribution in [3.8, 4) is 5.75 Å². The van der Waals surface area contributed by atoms with E-state index in [9.17, 15) is 4.39 Å². The number of benzene rings is 1. The van der Waals surface area contributed by atoms with Gasteiger partial charge >= 0.3 is 0 Å². The van der Waals surface area contributed by atoms with Gasteiger partial charge in [0.2, 0.25) is 0 Å². The predicted octanol–water partition coefficient (Wildman–Crippen LogP) is 3.05. The normalized spacial score (nSPS) is 15.1. The minimum Gasteiger partial charge on any atom is -0.494 e. The average Bonchev–Trinajstić information content (AvgIpc) is 3.02. The molecule has 1 aromatic rings. The lowest BCUT2D eigenvalue weighted by Crippen LogP contribution is -2.02. The van der Waals surface area contributed by atoms with E-state index in [0.717, 1.165) is 18.2 Å². The summed E-state index contributed by atoms with van der Waals surface area (Å²) >= 11 is 0. The minimum atomic E-state index is -0.311. The van der Waals surface area contributed by atoms with E-state index in [-0.39, 0.29) is 5.82 Å². The largest absolute Gasteiger partial charge is 0.494 e. The minimum absolute atomic E-state index is 0.294. The van der Waals surface area contributed by atoms with E-state index in [4.69, 9.17) is 4.74 Å². The Morgan fingerprint density at radius 3 is 2.87 bits per heavy atom. The van der Waals surface area contributed by atoms with E-state index in [1.807, 2.05) is 6.07 Å². The zero-order valence-corrected chi connectivity index (χ0v) is 8.92. The van der Waals surface area contributed by atoms with Crippen molar-refractivity contribution < 1.29 is 9.13 Å². The number of hydrogen-bond donors (Lipinski definition) is 1. The maximum absolute atomic E-state index is 13.3. The van der Waals surface area contributed by atoms with Gasteiger partial charge in [0.05, 0.1) is 7.11 Å². The number of anilines is 1. The molecule has 1 N–H and O–H groups in total. The first-order valence-corrected chi connectivity index (χ1v) is 5.37. The SMILES string of the molecule is COc1ccc(NCCC2CC2)cc1F. The Bertz CT molecular complexity index is 336. The second-order valence-corrected chi connectivity index (χ2v) is 4.01. The van der Waals surface area contributed by atoms with Crippen LogP contribution < -0.4 is 10.1 Å². The zero-order chi connectivity index (χ0) is 10.7. The van der Waals surface area contributed by atoms with Crippen LogP contribution in [0.2, 0.25) is 0 Å². The van der Waals surface area contributed by atoms with Crippen LogP contribution in [-0.2, 0) is 0 Å². The number of methoxy groups -OCH3 is 1. The van der Waals surface area contributed by atoms with Crippen molar-refractivity contribution >= 4 is 5.69 Å². The van der Waals surface area contributed by atoms with Gasteiger partial charge in [0.1, 0.15) is 0 Å². The summed E-state index contributed by atoms with van der Waals surface area (Å²) < 4.78 is 18.1. The lowest BCUT2D eigenvalue weighted by atomic mass is 10.2. The van der Waals surface area contributed by atoms with Gasteiger partial charge in [-0.25, -0.2) is 4.39 Å². The molecule has 2 rings (SSSR count). The number of hydrogen-bond acceptors (Lipinski definition) is 2. The van der Waals surface area contributed by atoms with Crippen molar-refractivity contribution in [2.75, 3.05) is 19.0 Å². The first kappa shape index (κ1) is 10.3. The van der Waals surface area contributed by atoms with Crippen molar-refractivity contribution in [3.05, 3.63) is 24.0 Å². The molecule has 0 aliphatic heterocycles. The molecule has 1 aliphatic carbocycles. The topological polar surface area (TPSA) is 21.3 Å². The van der Waals surface area contributed by atoms with Crippen LogP contribution >= 0.6 is 0 Å². The lowest BCUT2D eigenvalue weighted by Gasteiger charge is -2.07. The summed E-state index contributed by atoms with van der Waals surface area (Å²) in [4.78, 5) is 0. The maximum Gasteiger partial charge on any atom is 0.167 e. The van der Waals surface area contributed by atoms with Crippen molar-refractivity contribution in [1.82, 2.24) is 0 Å². The monoisotopic (exact) mass is 209 g/mol. The van der Waals surface area contributed by atoms with Gasteiger partial charge in [-0.15, -0.1) is 0 Å². The molecule has 0 atom stereocenters. The molecule has 0 saturated heterocycles. The van der Waals surface area contributed by atoms with Gasteiger partial charge in [-0.05, 0) is 24.5 Å². The molecular formula is C12H16FNO. The van der Waals surface area contributed by atoms with E-state index in [0.29, 0.717) is 5.75 Å². The molecule has 1 saturated carbocycles. The Labute approximate surface area is 89.4 Å². The van der Waals surface area contributed by atoms with Gasteiger partial charge in [0.15, 0.2) is 11.6 Å². The summed E-state index contributed by atoms with van der Waals surface area (Å²) in [5.74, 6) is 0.886. The summed E-state index contributed by atoms with van der Waals surface area (Å²) in [6.07, 6.45) is 3.91. The molecule has 15 heavy (non-hydrogen) atoms. The molecule has 0 heterocycles. The summed E-state index contributed by atoms with van der Waals surface area (Å²) in [5, 5.41) is 3.21. The van der Waals surface area contributed by atoms with Gasteiger partial charge in [0.25, 0.3) is 0 Å². The quantitative estimate of drug-likeness (QED) is 0.804. The van der Waals surface area contributed by atoms with Crippen LogP contribution in [0, 0.1) is 11.7 Å². The van der Waals surface area contributed by atoms with Crippen molar-refractivity contribution in [3.63, 3.8) is 0 Å². The fourth-order valence-corrected chi connectivity index (χ4v) is 1.60. The van der Waals surface area contributed by atoms with Crippen molar-refractivity contribution in [2.24, 2.45) is 5.92 Å². The second-order valence-electron chi connectivity index (χ2n) is 4.01. The van der Waals surface area contributed by atoms with Gasteiger partial charge in [0, 0.05) is 18.3 Å². The fourth-order valence-electron chi connectivity index (χ4n) is 1.60. The number of rotatable bonds is 5. The highest BCUT2D eigenvalue weighted by Crippen LogP contribution is 2.32. The third kappa shape index (κ3) is 2.85. The highest BCUT2D eigenvalue weighted by Gasteiger charge is 2.20. The molecule has 1 aliphatic rings. The van der Waals surface area contributed by atoms with Crippen LogP contribution in [0.3, 0.4) is 0 Å². The Balaban J connectivity index is 1.87. The standard InChI is InChI=1S/C12H16FNO/c1-15-12-5-4-10(8-11(12)13)14-7-6-9-2-3-9/h4-5,8-9,14H,2-3,6-7H2,1H3. The van der Waals surface area contributed by atoms with Crippen molar-refractivity contribution in [2.45, 2.75) is 19.3 Å². The molecule has 0 aromatic heterocycles. The molecule has 0 amide bonds. The van der Waals surface area contributed by atoms with E-state index < -0.39 is 0 Å². The average molecular weight is 209 g/mol. The van der Waals surface area contributed by atoms with Crippen molar-refractivity contribution in [1.29, 1.82) is 0 Å². The molecular weight excluding hydrogens is 193 g/mol. The second kappa shape index (κ2) is 4.51. The summed E-state index contributed by atoms with van der Waals surface area (Å²) in [6, 6.07) is 4.97. The highest BCUT2D eigenvalue weighted by atomic mass is 19.1. The molecule has 1 aromatic carbocycles. The molecule has 0 radical (unpaired) electrons. The molecule has 0 bridgehead atoms. The molecule has 0 spiro atoms. The van der Waals surface area contributed by atoms with Gasteiger partial charge < -0.3 is 10.1 Å². The van der Waals surface area contributed by atoms with Crippen LogP contribution in [0.4, 0.5) is 10.1 Å². The first-order valence-electron chi connectivity index (χ1n) is 5.37. The van der Waals surface area contributed by atoms with Gasteiger partial charge in [-0.3, -0.25) is 0 Å². The Morgan fingerprint density at radius 2 is 2.27 bits per heavy atom. The Morgan fingerprint density at radius 1 is 1.47 bits per heavy atom. The number of halogens is 1. The van der Waals surface area contributed by atoms with E-state index in [2.05, 4.69) is 5.32 Å². The van der Waals surface area contributed by atoms with E-state index >= 15 is 0 Å². The Kier molecular flexibility index (Phi) is 3.09. The zero-order valence-electron chi connectivity index (χ0n) is 8.92. The molecule has 82 valence electrons. The lowest BCUT2D eigenvalue weighted by molar-refractivity contribution is 0.386. The van der Waals surface area contributed by atoms with E-state index in [1.54, 1.807) is 6.07 Å². The molecule has 0 unspecified atom stereocenters. The number of ether oxygens (including phenoxy) is 1. The third-order valence-electron chi connectivity index (χ3n) is 2.73. The fraction of sp³-hybridized carbons (Fsp3) is 0.500. The van der Waals surface area contributed by atoms with E-state index in [1.165, 1.54) is 32.4 Å². The summed E-state index contributed by atoms with van der Waals surface area (Å²) in [7, 11) is 1.47. The molecule has 3 heteroatoms. The van der Waals surface area contributed by atoms with Crippen LogP contribution in [-0.4, -0.2) is 13.7 Å². The van der Waals surface area contributed by atoms with Crippen LogP contribution in [0.1, 0.15) is 19.3 Å². The van der Waals surface area contributed by atoms with Gasteiger partial charge in [-0.1, -0.05) is 12.8 Å². The predicted molar refractivity (Wildman–Crippen MR) is 58.8 cm³/mol. The number of nitrogens with one attached hydrogen (secondary N) is 1. The maximum atomic E-state index is 13.3. The summed E-state index contributed by atoms with van der Waals surface area (Å²) in [5.41, 5.74) is 0.828. The highest BCUT2D eigenvalue weighted by molar-refractivity contribution is 5.47. The van der Waals surface area contributed by atoms with Crippen LogP contribution in [0.5, 0.6) is 5.75 Å². The first-order chi connectivity index (χ1) is 7.29. The molecule has 2 nitrogen and oxygen atoms in total. The van der Waals surface area contributed by atoms with Gasteiger partial charge in [-0.2, -0.15) is 0 Å². The van der Waals surface area contributed by atoms with Crippen LogP contribution in [0.15, 0.2) is 18.2 Å². The Hall–Kier alpha value is -1.25. The summed E-state index contributed by atoms with van der Waals surface area (Å²) in [6.45, 7) is 0.927. The van der Waals surface area contributed by atoms with Crippen LogP contribution in [0.25, 0.3) is 0 Å². The third-order valence-corrected chi connectivity index (χ3v) is 2.73.